The first-order valence-corrected chi connectivity index (χ1v) is 9.29. The van der Waals surface area contributed by atoms with Gasteiger partial charge in [-0.25, -0.2) is 0 Å². The fourth-order valence-corrected chi connectivity index (χ4v) is 3.56. The molecule has 27 heavy (non-hydrogen) atoms. The average molecular weight is 378 g/mol. The van der Waals surface area contributed by atoms with Crippen LogP contribution in [0.1, 0.15) is 39.6 Å². The van der Waals surface area contributed by atoms with Crippen molar-refractivity contribution in [2.75, 3.05) is 0 Å². The van der Waals surface area contributed by atoms with Gasteiger partial charge in [0.05, 0.1) is 16.2 Å². The highest BCUT2D eigenvalue weighted by Crippen LogP contribution is 2.33. The zero-order chi connectivity index (χ0) is 19.2. The van der Waals surface area contributed by atoms with Crippen LogP contribution in [0.5, 0.6) is 5.75 Å². The molecule has 1 unspecified atom stereocenters. The molecule has 0 fully saturated rings. The second-order valence-corrected chi connectivity index (χ2v) is 7.12. The van der Waals surface area contributed by atoms with Gasteiger partial charge in [0.2, 0.25) is 5.78 Å². The van der Waals surface area contributed by atoms with Crippen LogP contribution in [0.3, 0.4) is 0 Å². The first-order valence-electron chi connectivity index (χ1n) is 8.48. The summed E-state index contributed by atoms with van der Waals surface area (Å²) in [6, 6.07) is 22.7. The lowest BCUT2D eigenvalue weighted by molar-refractivity contribution is -0.134. The molecule has 1 aromatic heterocycles. The third kappa shape index (κ3) is 4.77. The lowest BCUT2D eigenvalue weighted by Gasteiger charge is -2.18. The smallest absolute Gasteiger partial charge is 0.205 e. The van der Waals surface area contributed by atoms with Crippen LogP contribution in [0.25, 0.3) is 0 Å². The Labute approximate surface area is 161 Å². The fraction of sp³-hybridized carbons (Fsp3) is 0.136. The Balaban J connectivity index is 1.87. The highest BCUT2D eigenvalue weighted by molar-refractivity contribution is 7.14. The van der Waals surface area contributed by atoms with E-state index in [1.807, 2.05) is 66.7 Å². The molecule has 136 valence electrons. The van der Waals surface area contributed by atoms with E-state index in [1.54, 1.807) is 6.07 Å². The molecule has 3 rings (SSSR count). The van der Waals surface area contributed by atoms with Crippen molar-refractivity contribution in [2.45, 2.75) is 19.4 Å². The predicted molar refractivity (Wildman–Crippen MR) is 104 cm³/mol. The van der Waals surface area contributed by atoms with Crippen LogP contribution in [0.2, 0.25) is 0 Å². The van der Waals surface area contributed by atoms with Gasteiger partial charge < -0.3 is 4.74 Å². The Morgan fingerprint density at radius 3 is 2.15 bits per heavy atom. The summed E-state index contributed by atoms with van der Waals surface area (Å²) in [5.74, 6) is -0.901. The van der Waals surface area contributed by atoms with Gasteiger partial charge in [0.1, 0.15) is 5.75 Å². The molecule has 4 nitrogen and oxygen atoms in total. The number of benzene rings is 2. The van der Waals surface area contributed by atoms with Gasteiger partial charge in [0.25, 0.3) is 0 Å². The summed E-state index contributed by atoms with van der Waals surface area (Å²) in [7, 11) is 0. The molecule has 0 saturated carbocycles. The van der Waals surface area contributed by atoms with Crippen LogP contribution in [-0.2, 0) is 9.59 Å². The Bertz CT molecular complexity index is 945. The molecule has 0 N–H and O–H groups in total. The molecule has 0 aliphatic rings. The van der Waals surface area contributed by atoms with Gasteiger partial charge in [-0.15, -0.1) is 11.3 Å². The molecular formula is C22H18O4S. The molecular weight excluding hydrogens is 360 g/mol. The molecule has 0 aliphatic heterocycles. The zero-order valence-corrected chi connectivity index (χ0v) is 15.6. The van der Waals surface area contributed by atoms with Crippen molar-refractivity contribution in [3.8, 4) is 5.75 Å². The number of carbonyl (C=O) groups excluding carboxylic acids is 3. The second kappa shape index (κ2) is 8.56. The molecule has 0 amide bonds. The van der Waals surface area contributed by atoms with Gasteiger partial charge >= 0.3 is 0 Å². The summed E-state index contributed by atoms with van der Waals surface area (Å²) in [5.41, 5.74) is 0.960. The number of Topliss-reactive ketones (excluding diaryl/α,β-unsaturated/α-hetero) is 3. The van der Waals surface area contributed by atoms with Gasteiger partial charge in [0, 0.05) is 6.92 Å². The third-order valence-electron chi connectivity index (χ3n) is 3.97. The van der Waals surface area contributed by atoms with E-state index in [4.69, 9.17) is 4.74 Å². The third-order valence-corrected chi connectivity index (χ3v) is 5.14. The normalized spacial score (nSPS) is 11.6. The van der Waals surface area contributed by atoms with Gasteiger partial charge in [-0.1, -0.05) is 48.5 Å². The molecule has 3 aromatic rings. The average Bonchev–Trinajstić information content (AvgIpc) is 3.17. The number of para-hydroxylation sites is 1. The topological polar surface area (TPSA) is 60.4 Å². The summed E-state index contributed by atoms with van der Waals surface area (Å²) >= 11 is 1.28. The number of hydrogen-bond acceptors (Lipinski definition) is 5. The van der Waals surface area contributed by atoms with Crippen molar-refractivity contribution < 1.29 is 19.1 Å². The standard InChI is InChI=1S/C22H18O4S/c1-15(23)18(24)14-19(25)20-12-13-21(27-20)22(16-8-4-2-5-9-16)26-17-10-6-3-7-11-17/h2-13,22H,14H2,1H3. The maximum Gasteiger partial charge on any atom is 0.205 e. The summed E-state index contributed by atoms with van der Waals surface area (Å²) < 4.78 is 6.18. The number of thiophene rings is 1. The molecule has 1 atom stereocenters. The Hall–Kier alpha value is -3.05. The second-order valence-electron chi connectivity index (χ2n) is 6.00. The quantitative estimate of drug-likeness (QED) is 0.325. The van der Waals surface area contributed by atoms with E-state index in [2.05, 4.69) is 0 Å². The van der Waals surface area contributed by atoms with Crippen molar-refractivity contribution in [3.05, 3.63) is 88.1 Å². The molecule has 0 radical (unpaired) electrons. The van der Waals surface area contributed by atoms with Gasteiger partial charge in [-0.3, -0.25) is 14.4 Å². The highest BCUT2D eigenvalue weighted by Gasteiger charge is 2.22. The minimum absolute atomic E-state index is 0.349. The number of ether oxygens (including phenoxy) is 1. The highest BCUT2D eigenvalue weighted by atomic mass is 32.1. The minimum Gasteiger partial charge on any atom is -0.480 e. The van der Waals surface area contributed by atoms with Crippen LogP contribution >= 0.6 is 11.3 Å². The van der Waals surface area contributed by atoms with Crippen molar-refractivity contribution in [1.82, 2.24) is 0 Å². The van der Waals surface area contributed by atoms with E-state index in [0.29, 0.717) is 4.88 Å². The van der Waals surface area contributed by atoms with Crippen molar-refractivity contribution in [1.29, 1.82) is 0 Å². The number of carbonyl (C=O) groups is 3. The van der Waals surface area contributed by atoms with Crippen LogP contribution in [-0.4, -0.2) is 17.3 Å². The van der Waals surface area contributed by atoms with Crippen LogP contribution < -0.4 is 4.74 Å². The summed E-state index contributed by atoms with van der Waals surface area (Å²) in [5, 5.41) is 0. The van der Waals surface area contributed by atoms with Crippen LogP contribution in [0.4, 0.5) is 0 Å². The van der Waals surface area contributed by atoms with Gasteiger partial charge in [0.15, 0.2) is 17.7 Å². The molecule has 0 aliphatic carbocycles. The summed E-state index contributed by atoms with van der Waals surface area (Å²) in [6.45, 7) is 1.18. The van der Waals surface area contributed by atoms with E-state index < -0.39 is 18.0 Å². The Kier molecular flexibility index (Phi) is 5.94. The zero-order valence-electron chi connectivity index (χ0n) is 14.8. The monoisotopic (exact) mass is 378 g/mol. The molecule has 0 bridgehead atoms. The van der Waals surface area contributed by atoms with E-state index in [9.17, 15) is 14.4 Å². The fourth-order valence-electron chi connectivity index (χ4n) is 2.55. The van der Waals surface area contributed by atoms with E-state index in [0.717, 1.165) is 16.2 Å². The van der Waals surface area contributed by atoms with Crippen molar-refractivity contribution in [2.24, 2.45) is 0 Å². The number of ketones is 3. The van der Waals surface area contributed by atoms with E-state index in [1.165, 1.54) is 18.3 Å². The van der Waals surface area contributed by atoms with Crippen molar-refractivity contribution in [3.63, 3.8) is 0 Å². The number of rotatable bonds is 8. The van der Waals surface area contributed by atoms with Gasteiger partial charge in [-0.05, 0) is 29.8 Å². The minimum atomic E-state index is -0.671. The largest absolute Gasteiger partial charge is 0.480 e. The summed E-state index contributed by atoms with van der Waals surface area (Å²) in [4.78, 5) is 36.2. The molecule has 2 aromatic carbocycles. The Morgan fingerprint density at radius 2 is 1.52 bits per heavy atom. The lowest BCUT2D eigenvalue weighted by Crippen LogP contribution is -2.14. The van der Waals surface area contributed by atoms with E-state index >= 15 is 0 Å². The first-order chi connectivity index (χ1) is 13.0. The maximum atomic E-state index is 12.3. The van der Waals surface area contributed by atoms with Gasteiger partial charge in [-0.2, -0.15) is 0 Å². The predicted octanol–water partition coefficient (Wildman–Crippen LogP) is 4.65. The molecule has 5 heteroatoms. The SMILES string of the molecule is CC(=O)C(=O)CC(=O)c1ccc(C(Oc2ccccc2)c2ccccc2)s1. The van der Waals surface area contributed by atoms with Crippen LogP contribution in [0.15, 0.2) is 72.8 Å². The van der Waals surface area contributed by atoms with E-state index in [-0.39, 0.29) is 11.9 Å². The van der Waals surface area contributed by atoms with Crippen molar-refractivity contribution >= 4 is 28.7 Å². The molecule has 1 heterocycles. The first kappa shape index (κ1) is 18.7. The van der Waals surface area contributed by atoms with Crippen LogP contribution in [0, 0.1) is 0 Å². The maximum absolute atomic E-state index is 12.3. The molecule has 0 saturated heterocycles. The Morgan fingerprint density at radius 1 is 0.889 bits per heavy atom. The lowest BCUT2D eigenvalue weighted by atomic mass is 10.1. The molecule has 0 spiro atoms. The summed E-state index contributed by atoms with van der Waals surface area (Å²) in [6.07, 6.45) is -0.770. The number of hydrogen-bond donors (Lipinski definition) is 0.